The molecular formula is C60H37N3Se. The van der Waals surface area contributed by atoms with Gasteiger partial charge in [0.25, 0.3) is 0 Å². The molecule has 0 unspecified atom stereocenters. The molecule has 0 spiro atoms. The third-order valence-corrected chi connectivity index (χ3v) is 15.8. The fourth-order valence-electron chi connectivity index (χ4n) is 10.8. The van der Waals surface area contributed by atoms with E-state index in [2.05, 4.69) is 238 Å². The van der Waals surface area contributed by atoms with Gasteiger partial charge in [0.1, 0.15) is 0 Å². The Morgan fingerprint density at radius 1 is 0.266 bits per heavy atom. The maximum atomic E-state index is 2.55. The van der Waals surface area contributed by atoms with Crippen LogP contribution < -0.4 is 0 Å². The summed E-state index contributed by atoms with van der Waals surface area (Å²) in [6, 6.07) is 83.1. The second-order valence-corrected chi connectivity index (χ2v) is 19.1. The van der Waals surface area contributed by atoms with Crippen molar-refractivity contribution in [3.05, 3.63) is 224 Å². The topological polar surface area (TPSA) is 14.8 Å². The molecule has 298 valence electrons. The van der Waals surface area contributed by atoms with E-state index in [-0.39, 0.29) is 14.5 Å². The Labute approximate surface area is 374 Å². The molecule has 4 heterocycles. The quantitative estimate of drug-likeness (QED) is 0.153. The molecule has 0 amide bonds. The summed E-state index contributed by atoms with van der Waals surface area (Å²) in [6.45, 7) is 0. The predicted octanol–water partition coefficient (Wildman–Crippen LogP) is 15.7. The van der Waals surface area contributed by atoms with Crippen LogP contribution in [0.1, 0.15) is 0 Å². The van der Waals surface area contributed by atoms with Gasteiger partial charge in [-0.25, -0.2) is 0 Å². The summed E-state index contributed by atoms with van der Waals surface area (Å²) < 4.78 is 10.3. The molecule has 0 saturated heterocycles. The summed E-state index contributed by atoms with van der Waals surface area (Å²) in [7, 11) is 0. The van der Waals surface area contributed by atoms with Crippen molar-refractivity contribution in [2.75, 3.05) is 0 Å². The molecule has 10 aromatic carbocycles. The van der Waals surface area contributed by atoms with E-state index in [9.17, 15) is 0 Å². The number of fused-ring (bicyclic) bond motifs is 12. The number of benzene rings is 10. The summed E-state index contributed by atoms with van der Waals surface area (Å²) in [6.07, 6.45) is 0. The number of aromatic nitrogens is 3. The van der Waals surface area contributed by atoms with Crippen molar-refractivity contribution in [1.29, 1.82) is 0 Å². The Bertz CT molecular complexity index is 4140. The Kier molecular flexibility index (Phi) is 7.70. The van der Waals surface area contributed by atoms with E-state index in [0.29, 0.717) is 0 Å². The van der Waals surface area contributed by atoms with Gasteiger partial charge in [-0.1, -0.05) is 36.4 Å². The summed E-state index contributed by atoms with van der Waals surface area (Å²) in [5.41, 5.74) is 15.8. The molecule has 0 aliphatic rings. The van der Waals surface area contributed by atoms with Crippen molar-refractivity contribution < 1.29 is 0 Å². The van der Waals surface area contributed by atoms with Crippen molar-refractivity contribution in [1.82, 2.24) is 13.7 Å². The van der Waals surface area contributed by atoms with Crippen molar-refractivity contribution in [3.8, 4) is 39.3 Å². The van der Waals surface area contributed by atoms with Gasteiger partial charge in [0.2, 0.25) is 0 Å². The zero-order valence-electron chi connectivity index (χ0n) is 34.6. The minimum absolute atomic E-state index is 0.170. The van der Waals surface area contributed by atoms with Gasteiger partial charge in [0, 0.05) is 10.8 Å². The second kappa shape index (κ2) is 13.8. The van der Waals surface area contributed by atoms with Crippen molar-refractivity contribution >= 4 is 99.2 Å². The van der Waals surface area contributed by atoms with Gasteiger partial charge in [-0.15, -0.1) is 0 Å². The molecule has 64 heavy (non-hydrogen) atoms. The van der Waals surface area contributed by atoms with E-state index < -0.39 is 0 Å². The summed E-state index contributed by atoms with van der Waals surface area (Å²) in [5, 5.41) is 10.2. The number of hydrogen-bond acceptors (Lipinski definition) is 0. The van der Waals surface area contributed by atoms with Gasteiger partial charge >= 0.3 is 302 Å². The van der Waals surface area contributed by atoms with E-state index in [1.165, 1.54) is 113 Å². The fraction of sp³-hybridized carbons (Fsp3) is 0. The average Bonchev–Trinajstić information content (AvgIpc) is 4.10. The van der Waals surface area contributed by atoms with Crippen LogP contribution in [0.3, 0.4) is 0 Å². The van der Waals surface area contributed by atoms with Gasteiger partial charge < -0.3 is 4.57 Å². The molecule has 0 aliphatic carbocycles. The minimum atomic E-state index is 0.170. The molecule has 0 fully saturated rings. The first kappa shape index (κ1) is 35.7. The molecule has 3 nitrogen and oxygen atoms in total. The summed E-state index contributed by atoms with van der Waals surface area (Å²) in [5.74, 6) is 0. The molecule has 0 atom stereocenters. The monoisotopic (exact) mass is 879 g/mol. The number of para-hydroxylation sites is 4. The van der Waals surface area contributed by atoms with E-state index >= 15 is 0 Å². The van der Waals surface area contributed by atoms with Gasteiger partial charge in [-0.05, 0) is 12.1 Å². The zero-order chi connectivity index (χ0) is 41.9. The molecular weight excluding hydrogens is 842 g/mol. The van der Waals surface area contributed by atoms with Crippen LogP contribution in [-0.4, -0.2) is 28.2 Å². The Morgan fingerprint density at radius 3 is 1.41 bits per heavy atom. The standard InChI is InChI=1S/C60H37N3Se/c1-2-16-38(17-3-1)41-18-4-5-19-42(41)48-24-14-30-57-59(48)60-55(29-15-31-58(60)64-57)63-53-28-13-8-22-45(53)47-34-32-40(37-56(47)63)62-52-27-12-9-23-46(52)49-36-39(33-35-54(49)62)61-50-25-10-6-20-43(50)44-21-7-11-26-51(44)61/h1-37H. The first-order valence-corrected chi connectivity index (χ1v) is 23.6. The number of hydrogen-bond donors (Lipinski definition) is 0. The molecule has 0 saturated carbocycles. The number of nitrogens with zero attached hydrogens (tertiary/aromatic N) is 3. The van der Waals surface area contributed by atoms with Crippen LogP contribution in [0, 0.1) is 0 Å². The maximum absolute atomic E-state index is 2.55. The molecule has 14 aromatic rings. The van der Waals surface area contributed by atoms with Crippen molar-refractivity contribution in [2.24, 2.45) is 0 Å². The third-order valence-electron chi connectivity index (χ3n) is 13.5. The molecule has 0 bridgehead atoms. The van der Waals surface area contributed by atoms with E-state index in [0.717, 1.165) is 11.4 Å². The Hall–Kier alpha value is -7.88. The van der Waals surface area contributed by atoms with Crippen molar-refractivity contribution in [2.45, 2.75) is 0 Å². The van der Waals surface area contributed by atoms with Crippen LogP contribution in [0.15, 0.2) is 224 Å². The first-order valence-electron chi connectivity index (χ1n) is 21.9. The van der Waals surface area contributed by atoms with Gasteiger partial charge in [-0.2, -0.15) is 0 Å². The SMILES string of the molecule is c1ccc(-c2ccccc2-c2cccc3[se]c4cccc(-n5c6ccccc6c6ccc(-n7c8ccccc8c8cc(-n9c%10ccccc%10c%10ccccc%109)ccc87)cc65)c4c23)cc1. The molecule has 0 radical (unpaired) electrons. The van der Waals surface area contributed by atoms with Gasteiger partial charge in [0.15, 0.2) is 0 Å². The molecule has 4 heteroatoms. The van der Waals surface area contributed by atoms with E-state index in [1.807, 2.05) is 0 Å². The second-order valence-electron chi connectivity index (χ2n) is 16.8. The predicted molar refractivity (Wildman–Crippen MR) is 272 cm³/mol. The van der Waals surface area contributed by atoms with Crippen molar-refractivity contribution in [3.63, 3.8) is 0 Å². The molecule has 4 aromatic heterocycles. The summed E-state index contributed by atoms with van der Waals surface area (Å²) >= 11 is 0.170. The van der Waals surface area contributed by atoms with E-state index in [1.54, 1.807) is 0 Å². The van der Waals surface area contributed by atoms with E-state index in [4.69, 9.17) is 0 Å². The van der Waals surface area contributed by atoms with Crippen LogP contribution in [0.4, 0.5) is 0 Å². The zero-order valence-corrected chi connectivity index (χ0v) is 36.3. The molecule has 0 aliphatic heterocycles. The Morgan fingerprint density at radius 2 is 0.734 bits per heavy atom. The fourth-order valence-corrected chi connectivity index (χ4v) is 13.2. The Balaban J connectivity index is 1.02. The van der Waals surface area contributed by atoms with Crippen LogP contribution in [0.2, 0.25) is 0 Å². The number of rotatable bonds is 5. The third kappa shape index (κ3) is 5.10. The average molecular weight is 879 g/mol. The molecule has 14 rings (SSSR count). The van der Waals surface area contributed by atoms with Crippen LogP contribution in [0.25, 0.3) is 124 Å². The van der Waals surface area contributed by atoms with Crippen LogP contribution in [-0.2, 0) is 0 Å². The first-order chi connectivity index (χ1) is 31.8. The van der Waals surface area contributed by atoms with Crippen LogP contribution >= 0.6 is 0 Å². The molecule has 0 N–H and O–H groups in total. The van der Waals surface area contributed by atoms with Crippen LogP contribution in [0.5, 0.6) is 0 Å². The summed E-state index contributed by atoms with van der Waals surface area (Å²) in [4.78, 5) is 0. The van der Waals surface area contributed by atoms with Gasteiger partial charge in [0.05, 0.1) is 11.0 Å². The normalized spacial score (nSPS) is 12.1. The van der Waals surface area contributed by atoms with Gasteiger partial charge in [-0.3, -0.25) is 0 Å².